The Bertz CT molecular complexity index is 1100. The van der Waals surface area contributed by atoms with Crippen LogP contribution in [0.15, 0.2) is 66.9 Å². The van der Waals surface area contributed by atoms with E-state index >= 15 is 0 Å². The molecule has 4 rings (SSSR count). The Labute approximate surface area is 186 Å². The number of anilines is 1. The number of carbonyl (C=O) groups is 2. The molecule has 2 unspecified atom stereocenters. The molecule has 0 fully saturated rings. The predicted molar refractivity (Wildman–Crippen MR) is 121 cm³/mol. The van der Waals surface area contributed by atoms with Crippen LogP contribution in [-0.4, -0.2) is 23.3 Å². The number of amides is 2. The Kier molecular flexibility index (Phi) is 6.35. The second kappa shape index (κ2) is 9.51. The molecule has 0 bridgehead atoms. The number of nitrogens with one attached hydrogen (secondary N) is 2. The second-order valence-electron chi connectivity index (χ2n) is 7.85. The average molecular weight is 431 g/mol. The van der Waals surface area contributed by atoms with Crippen molar-refractivity contribution in [3.8, 4) is 17.4 Å². The largest absolute Gasteiger partial charge is 0.485 e. The molecule has 32 heavy (non-hydrogen) atoms. The van der Waals surface area contributed by atoms with E-state index in [2.05, 4.69) is 34.7 Å². The maximum absolute atomic E-state index is 11.8. The van der Waals surface area contributed by atoms with Crippen molar-refractivity contribution < 1.29 is 19.1 Å². The number of hydrogen-bond acceptors (Lipinski definition) is 5. The smallest absolute Gasteiger partial charge is 0.243 e. The number of nitrogens with zero attached hydrogens (tertiary/aromatic N) is 1. The first-order chi connectivity index (χ1) is 15.5. The van der Waals surface area contributed by atoms with Crippen LogP contribution < -0.4 is 20.1 Å². The van der Waals surface area contributed by atoms with Crippen LogP contribution >= 0.6 is 0 Å². The van der Waals surface area contributed by atoms with Crippen molar-refractivity contribution in [2.75, 3.05) is 11.9 Å². The van der Waals surface area contributed by atoms with Crippen molar-refractivity contribution in [1.29, 1.82) is 0 Å². The minimum Gasteiger partial charge on any atom is -0.485 e. The standard InChI is InChI=1S/C25H25N3O4/c1-16-12-19-13-21(9-10-22(19)32-25(16)18-6-4-3-5-7-18)31-24-11-8-20(14-27-24)28-23(30)15-26-17(2)29/h3-11,13-14,16,25H,12,15H2,1-2H3,(H,26,29)(H,28,30). The number of hydrogen-bond donors (Lipinski definition) is 2. The van der Waals surface area contributed by atoms with E-state index in [1.807, 2.05) is 36.4 Å². The molecule has 7 nitrogen and oxygen atoms in total. The lowest BCUT2D eigenvalue weighted by molar-refractivity contribution is -0.122. The van der Waals surface area contributed by atoms with Gasteiger partial charge in [0, 0.05) is 18.9 Å². The summed E-state index contributed by atoms with van der Waals surface area (Å²) in [5.74, 6) is 1.70. The number of benzene rings is 2. The number of pyridine rings is 1. The highest BCUT2D eigenvalue weighted by Gasteiger charge is 2.28. The van der Waals surface area contributed by atoms with Gasteiger partial charge in [-0.25, -0.2) is 4.98 Å². The summed E-state index contributed by atoms with van der Waals surface area (Å²) in [5.41, 5.74) is 2.80. The molecule has 2 atom stereocenters. The van der Waals surface area contributed by atoms with Gasteiger partial charge in [0.05, 0.1) is 18.4 Å². The van der Waals surface area contributed by atoms with Crippen LogP contribution in [0.25, 0.3) is 0 Å². The lowest BCUT2D eigenvalue weighted by atomic mass is 9.88. The van der Waals surface area contributed by atoms with E-state index in [0.29, 0.717) is 23.2 Å². The molecule has 2 amide bonds. The minimum absolute atomic E-state index is 0.0329. The maximum atomic E-state index is 11.8. The molecule has 2 heterocycles. The first-order valence-corrected chi connectivity index (χ1v) is 10.5. The molecule has 0 saturated heterocycles. The van der Waals surface area contributed by atoms with Crippen LogP contribution in [-0.2, 0) is 16.0 Å². The van der Waals surface area contributed by atoms with Gasteiger partial charge in [0.2, 0.25) is 17.7 Å². The minimum atomic E-state index is -0.326. The molecule has 2 N–H and O–H groups in total. The Morgan fingerprint density at radius 3 is 2.66 bits per heavy atom. The van der Waals surface area contributed by atoms with E-state index < -0.39 is 0 Å². The predicted octanol–water partition coefficient (Wildman–Crippen LogP) is 4.26. The molecular weight excluding hydrogens is 406 g/mol. The fraction of sp³-hybridized carbons (Fsp3) is 0.240. The number of fused-ring (bicyclic) bond motifs is 1. The maximum Gasteiger partial charge on any atom is 0.243 e. The Morgan fingerprint density at radius 2 is 1.94 bits per heavy atom. The molecule has 164 valence electrons. The van der Waals surface area contributed by atoms with E-state index in [1.165, 1.54) is 18.7 Å². The molecular formula is C25H25N3O4. The Morgan fingerprint density at radius 1 is 1.12 bits per heavy atom. The fourth-order valence-corrected chi connectivity index (χ4v) is 3.69. The van der Waals surface area contributed by atoms with Gasteiger partial charge in [-0.05, 0) is 41.8 Å². The fourth-order valence-electron chi connectivity index (χ4n) is 3.69. The lowest BCUT2D eigenvalue weighted by Crippen LogP contribution is -2.31. The number of carbonyl (C=O) groups excluding carboxylic acids is 2. The molecule has 0 spiro atoms. The molecule has 7 heteroatoms. The number of ether oxygens (including phenoxy) is 2. The highest BCUT2D eigenvalue weighted by Crippen LogP contribution is 2.40. The molecule has 1 aliphatic heterocycles. The molecule has 0 aliphatic carbocycles. The van der Waals surface area contributed by atoms with Crippen LogP contribution in [0, 0.1) is 5.92 Å². The monoisotopic (exact) mass is 431 g/mol. The van der Waals surface area contributed by atoms with Crippen LogP contribution in [0.3, 0.4) is 0 Å². The highest BCUT2D eigenvalue weighted by molar-refractivity contribution is 5.94. The van der Waals surface area contributed by atoms with Crippen LogP contribution in [0.4, 0.5) is 5.69 Å². The zero-order chi connectivity index (χ0) is 22.5. The van der Waals surface area contributed by atoms with E-state index in [9.17, 15) is 9.59 Å². The summed E-state index contributed by atoms with van der Waals surface area (Å²) in [6.45, 7) is 3.46. The quantitative estimate of drug-likeness (QED) is 0.609. The topological polar surface area (TPSA) is 89.6 Å². The van der Waals surface area contributed by atoms with Crippen molar-refractivity contribution >= 4 is 17.5 Å². The summed E-state index contributed by atoms with van der Waals surface area (Å²) in [4.78, 5) is 26.9. The summed E-state index contributed by atoms with van der Waals surface area (Å²) in [7, 11) is 0. The van der Waals surface area contributed by atoms with Gasteiger partial charge in [0.15, 0.2) is 0 Å². The molecule has 1 aliphatic rings. The summed E-state index contributed by atoms with van der Waals surface area (Å²) < 4.78 is 12.2. The van der Waals surface area contributed by atoms with Crippen LogP contribution in [0.1, 0.15) is 31.1 Å². The third kappa shape index (κ3) is 5.24. The van der Waals surface area contributed by atoms with Crippen molar-refractivity contribution in [1.82, 2.24) is 10.3 Å². The summed E-state index contributed by atoms with van der Waals surface area (Å²) >= 11 is 0. The normalized spacial score (nSPS) is 16.9. The molecule has 3 aromatic rings. The van der Waals surface area contributed by atoms with Gasteiger partial charge >= 0.3 is 0 Å². The van der Waals surface area contributed by atoms with E-state index in [1.54, 1.807) is 12.1 Å². The molecule has 2 aromatic carbocycles. The third-order valence-electron chi connectivity index (χ3n) is 5.21. The van der Waals surface area contributed by atoms with Crippen molar-refractivity contribution in [2.24, 2.45) is 5.92 Å². The summed E-state index contributed by atoms with van der Waals surface area (Å²) in [5, 5.41) is 5.11. The van der Waals surface area contributed by atoms with Crippen molar-refractivity contribution in [3.05, 3.63) is 78.0 Å². The highest BCUT2D eigenvalue weighted by atomic mass is 16.5. The number of rotatable bonds is 6. The van der Waals surface area contributed by atoms with Crippen molar-refractivity contribution in [3.63, 3.8) is 0 Å². The van der Waals surface area contributed by atoms with Gasteiger partial charge in [-0.1, -0.05) is 37.3 Å². The van der Waals surface area contributed by atoms with Crippen molar-refractivity contribution in [2.45, 2.75) is 26.4 Å². The zero-order valence-electron chi connectivity index (χ0n) is 18.0. The average Bonchev–Trinajstić information content (AvgIpc) is 2.79. The SMILES string of the molecule is CC(=O)NCC(=O)Nc1ccc(Oc2ccc3c(c2)CC(C)C(c2ccccc2)O3)nc1. The first kappa shape index (κ1) is 21.4. The summed E-state index contributed by atoms with van der Waals surface area (Å²) in [6.07, 6.45) is 2.43. The molecule has 1 aromatic heterocycles. The van der Waals surface area contributed by atoms with Gasteiger partial charge < -0.3 is 20.1 Å². The number of aromatic nitrogens is 1. The van der Waals surface area contributed by atoms with Gasteiger partial charge in [0.25, 0.3) is 0 Å². The van der Waals surface area contributed by atoms with Crippen LogP contribution in [0.5, 0.6) is 17.4 Å². The summed E-state index contributed by atoms with van der Waals surface area (Å²) in [6, 6.07) is 19.4. The third-order valence-corrected chi connectivity index (χ3v) is 5.21. The lowest BCUT2D eigenvalue weighted by Gasteiger charge is -2.32. The Balaban J connectivity index is 1.39. The first-order valence-electron chi connectivity index (χ1n) is 10.5. The Hall–Kier alpha value is -3.87. The van der Waals surface area contributed by atoms with Crippen LogP contribution in [0.2, 0.25) is 0 Å². The van der Waals surface area contributed by atoms with Gasteiger partial charge in [-0.3, -0.25) is 9.59 Å². The van der Waals surface area contributed by atoms with Gasteiger partial charge in [-0.2, -0.15) is 0 Å². The molecule has 0 radical (unpaired) electrons. The van der Waals surface area contributed by atoms with E-state index in [0.717, 1.165) is 17.7 Å². The van der Waals surface area contributed by atoms with Gasteiger partial charge in [-0.15, -0.1) is 0 Å². The molecule has 0 saturated carbocycles. The second-order valence-corrected chi connectivity index (χ2v) is 7.85. The van der Waals surface area contributed by atoms with E-state index in [4.69, 9.17) is 9.47 Å². The van der Waals surface area contributed by atoms with Gasteiger partial charge in [0.1, 0.15) is 17.6 Å². The van der Waals surface area contributed by atoms with E-state index in [-0.39, 0.29) is 24.5 Å². The zero-order valence-corrected chi connectivity index (χ0v) is 18.0.